The van der Waals surface area contributed by atoms with Crippen LogP contribution < -0.4 is 5.32 Å². The maximum Gasteiger partial charge on any atom is 0.261 e. The fraction of sp³-hybridized carbons (Fsp3) is 0.176. The van der Waals surface area contributed by atoms with Gasteiger partial charge in [0.2, 0.25) is 0 Å². The number of benzene rings is 1. The van der Waals surface area contributed by atoms with Gasteiger partial charge in [-0.25, -0.2) is 4.68 Å². The van der Waals surface area contributed by atoms with Crippen molar-refractivity contribution in [1.82, 2.24) is 15.1 Å². The number of para-hydroxylation sites is 1. The van der Waals surface area contributed by atoms with Gasteiger partial charge in [0.05, 0.1) is 20.6 Å². The van der Waals surface area contributed by atoms with Crippen molar-refractivity contribution in [2.75, 3.05) is 0 Å². The highest BCUT2D eigenvalue weighted by molar-refractivity contribution is 7.17. The Morgan fingerprint density at radius 3 is 2.61 bits per heavy atom. The second-order valence-electron chi connectivity index (χ2n) is 5.18. The summed E-state index contributed by atoms with van der Waals surface area (Å²) in [5, 5.41) is 7.52. The van der Waals surface area contributed by atoms with E-state index in [2.05, 4.69) is 10.4 Å². The number of carbonyl (C=O) groups excluding carboxylic acids is 1. The first-order chi connectivity index (χ1) is 11.1. The molecule has 0 radical (unpaired) electrons. The third-order valence-electron chi connectivity index (χ3n) is 3.66. The average molecular weight is 346 g/mol. The molecule has 23 heavy (non-hydrogen) atoms. The van der Waals surface area contributed by atoms with Gasteiger partial charge < -0.3 is 5.32 Å². The van der Waals surface area contributed by atoms with Crippen LogP contribution in [0.4, 0.5) is 0 Å². The van der Waals surface area contributed by atoms with Crippen LogP contribution in [0.5, 0.6) is 0 Å². The smallest absolute Gasteiger partial charge is 0.261 e. The van der Waals surface area contributed by atoms with Crippen molar-refractivity contribution in [1.29, 1.82) is 0 Å². The second kappa shape index (κ2) is 6.56. The molecule has 1 aromatic carbocycles. The molecule has 3 rings (SSSR count). The van der Waals surface area contributed by atoms with Crippen molar-refractivity contribution in [3.05, 3.63) is 68.6 Å². The van der Waals surface area contributed by atoms with Crippen molar-refractivity contribution < 1.29 is 4.79 Å². The summed E-state index contributed by atoms with van der Waals surface area (Å²) in [5.74, 6) is -0.117. The SMILES string of the molecule is Cc1nn(-c2ccccc2)c(C)c1CNC(=O)c1ccc(Cl)s1. The lowest BCUT2D eigenvalue weighted by atomic mass is 10.2. The fourth-order valence-electron chi connectivity index (χ4n) is 2.44. The van der Waals surface area contributed by atoms with Gasteiger partial charge in [-0.3, -0.25) is 4.79 Å². The zero-order chi connectivity index (χ0) is 16.4. The Hall–Kier alpha value is -2.11. The molecule has 0 saturated carbocycles. The average Bonchev–Trinajstić information content (AvgIpc) is 3.10. The minimum absolute atomic E-state index is 0.117. The van der Waals surface area contributed by atoms with Gasteiger partial charge in [0.1, 0.15) is 0 Å². The second-order valence-corrected chi connectivity index (χ2v) is 6.90. The molecule has 0 unspecified atom stereocenters. The number of nitrogens with zero attached hydrogens (tertiary/aromatic N) is 2. The Morgan fingerprint density at radius 2 is 1.96 bits per heavy atom. The lowest BCUT2D eigenvalue weighted by Gasteiger charge is -2.06. The van der Waals surface area contributed by atoms with Crippen LogP contribution in [0.2, 0.25) is 4.34 Å². The van der Waals surface area contributed by atoms with Crippen LogP contribution in [-0.2, 0) is 6.54 Å². The standard InChI is InChI=1S/C17H16ClN3OS/c1-11-14(10-19-17(22)15-8-9-16(18)23-15)12(2)21(20-11)13-6-4-3-5-7-13/h3-9H,10H2,1-2H3,(H,19,22). The van der Waals surface area contributed by atoms with Gasteiger partial charge in [0, 0.05) is 17.8 Å². The van der Waals surface area contributed by atoms with Crippen LogP contribution in [0.15, 0.2) is 42.5 Å². The summed E-state index contributed by atoms with van der Waals surface area (Å²) in [6.07, 6.45) is 0. The summed E-state index contributed by atoms with van der Waals surface area (Å²) in [6, 6.07) is 13.4. The van der Waals surface area contributed by atoms with Crippen molar-refractivity contribution in [2.45, 2.75) is 20.4 Å². The summed E-state index contributed by atoms with van der Waals surface area (Å²) in [7, 11) is 0. The number of hydrogen-bond acceptors (Lipinski definition) is 3. The molecule has 6 heteroatoms. The highest BCUT2D eigenvalue weighted by atomic mass is 35.5. The molecule has 0 aliphatic rings. The predicted octanol–water partition coefficient (Wildman–Crippen LogP) is 4.13. The largest absolute Gasteiger partial charge is 0.347 e. The molecule has 1 amide bonds. The monoisotopic (exact) mass is 345 g/mol. The van der Waals surface area contributed by atoms with Crippen molar-refractivity contribution in [2.24, 2.45) is 0 Å². The van der Waals surface area contributed by atoms with E-state index in [0.29, 0.717) is 15.8 Å². The zero-order valence-electron chi connectivity index (χ0n) is 12.8. The van der Waals surface area contributed by atoms with Crippen molar-refractivity contribution in [3.63, 3.8) is 0 Å². The molecule has 0 saturated heterocycles. The minimum Gasteiger partial charge on any atom is -0.347 e. The van der Waals surface area contributed by atoms with E-state index in [0.717, 1.165) is 22.6 Å². The van der Waals surface area contributed by atoms with Crippen LogP contribution in [0.1, 0.15) is 26.6 Å². The molecule has 1 N–H and O–H groups in total. The number of rotatable bonds is 4. The van der Waals surface area contributed by atoms with Gasteiger partial charge in [-0.15, -0.1) is 11.3 Å². The summed E-state index contributed by atoms with van der Waals surface area (Å²) in [5.41, 5.74) is 3.98. The first kappa shape index (κ1) is 15.8. The van der Waals surface area contributed by atoms with Gasteiger partial charge in [-0.05, 0) is 38.1 Å². The lowest BCUT2D eigenvalue weighted by Crippen LogP contribution is -2.22. The number of halogens is 1. The molecular formula is C17H16ClN3OS. The number of hydrogen-bond donors (Lipinski definition) is 1. The highest BCUT2D eigenvalue weighted by Gasteiger charge is 2.15. The van der Waals surface area contributed by atoms with E-state index in [1.807, 2.05) is 48.9 Å². The van der Waals surface area contributed by atoms with Crippen molar-refractivity contribution >= 4 is 28.8 Å². The van der Waals surface area contributed by atoms with E-state index in [4.69, 9.17) is 11.6 Å². The van der Waals surface area contributed by atoms with Crippen LogP contribution in [0.3, 0.4) is 0 Å². The summed E-state index contributed by atoms with van der Waals surface area (Å²) in [4.78, 5) is 12.8. The van der Waals surface area contributed by atoms with Crippen LogP contribution in [0, 0.1) is 13.8 Å². The molecule has 0 aliphatic carbocycles. The number of aromatic nitrogens is 2. The Bertz CT molecular complexity index is 839. The Morgan fingerprint density at radius 1 is 1.22 bits per heavy atom. The molecule has 2 heterocycles. The van der Waals surface area contributed by atoms with Gasteiger partial charge in [-0.2, -0.15) is 5.10 Å². The van der Waals surface area contributed by atoms with E-state index in [-0.39, 0.29) is 5.91 Å². The van der Waals surface area contributed by atoms with Gasteiger partial charge in [-0.1, -0.05) is 29.8 Å². The van der Waals surface area contributed by atoms with Gasteiger partial charge in [0.25, 0.3) is 5.91 Å². The topological polar surface area (TPSA) is 46.9 Å². The number of thiophene rings is 1. The first-order valence-electron chi connectivity index (χ1n) is 7.20. The molecule has 4 nitrogen and oxygen atoms in total. The minimum atomic E-state index is -0.117. The summed E-state index contributed by atoms with van der Waals surface area (Å²) < 4.78 is 2.51. The fourth-order valence-corrected chi connectivity index (χ4v) is 3.40. The summed E-state index contributed by atoms with van der Waals surface area (Å²) >= 11 is 7.14. The third-order valence-corrected chi connectivity index (χ3v) is 4.89. The predicted molar refractivity (Wildman–Crippen MR) is 93.5 cm³/mol. The molecule has 0 aliphatic heterocycles. The quantitative estimate of drug-likeness (QED) is 0.772. The molecule has 3 aromatic rings. The number of aryl methyl sites for hydroxylation is 1. The number of nitrogens with one attached hydrogen (secondary N) is 1. The van der Waals surface area contributed by atoms with E-state index >= 15 is 0 Å². The number of carbonyl (C=O) groups is 1. The van der Waals surface area contributed by atoms with E-state index in [1.54, 1.807) is 12.1 Å². The summed E-state index contributed by atoms with van der Waals surface area (Å²) in [6.45, 7) is 4.41. The maximum atomic E-state index is 12.1. The molecule has 118 valence electrons. The van der Waals surface area contributed by atoms with E-state index in [9.17, 15) is 4.79 Å². The molecular weight excluding hydrogens is 330 g/mol. The zero-order valence-corrected chi connectivity index (χ0v) is 14.4. The van der Waals surface area contributed by atoms with Crippen LogP contribution in [0.25, 0.3) is 5.69 Å². The van der Waals surface area contributed by atoms with Crippen molar-refractivity contribution in [3.8, 4) is 5.69 Å². The molecule has 0 bridgehead atoms. The molecule has 2 aromatic heterocycles. The van der Waals surface area contributed by atoms with E-state index < -0.39 is 0 Å². The third kappa shape index (κ3) is 3.30. The normalized spacial score (nSPS) is 10.7. The van der Waals surface area contributed by atoms with Gasteiger partial charge >= 0.3 is 0 Å². The van der Waals surface area contributed by atoms with Crippen LogP contribution in [-0.4, -0.2) is 15.7 Å². The molecule has 0 fully saturated rings. The Balaban J connectivity index is 1.79. The first-order valence-corrected chi connectivity index (χ1v) is 8.40. The number of amides is 1. The Kier molecular flexibility index (Phi) is 4.50. The lowest BCUT2D eigenvalue weighted by molar-refractivity contribution is 0.0955. The van der Waals surface area contributed by atoms with Gasteiger partial charge in [0.15, 0.2) is 0 Å². The maximum absolute atomic E-state index is 12.1. The van der Waals surface area contributed by atoms with E-state index in [1.165, 1.54) is 11.3 Å². The van der Waals surface area contributed by atoms with Crippen LogP contribution >= 0.6 is 22.9 Å². The Labute approximate surface area is 143 Å². The molecule has 0 atom stereocenters. The highest BCUT2D eigenvalue weighted by Crippen LogP contribution is 2.22. The molecule has 0 spiro atoms.